The van der Waals surface area contributed by atoms with Crippen LogP contribution in [0.5, 0.6) is 17.2 Å². The molecule has 3 rings (SSSR count). The minimum Gasteiger partial charge on any atom is -0.508 e. The molecule has 2 aromatic rings. The van der Waals surface area contributed by atoms with Gasteiger partial charge in [0, 0.05) is 5.56 Å². The first kappa shape index (κ1) is 18.2. The van der Waals surface area contributed by atoms with Crippen LogP contribution in [0, 0.1) is 0 Å². The van der Waals surface area contributed by atoms with E-state index in [-0.39, 0.29) is 11.9 Å². The lowest BCUT2D eigenvalue weighted by Gasteiger charge is -2.32. The fourth-order valence-corrected chi connectivity index (χ4v) is 3.17. The average molecular weight is 328 g/mol. The first-order chi connectivity index (χ1) is 11.7. The molecule has 1 aliphatic heterocycles. The van der Waals surface area contributed by atoms with Gasteiger partial charge >= 0.3 is 0 Å². The molecular weight excluding hydrogens is 300 g/mol. The van der Waals surface area contributed by atoms with Crippen LogP contribution >= 0.6 is 0 Å². The van der Waals surface area contributed by atoms with E-state index in [2.05, 4.69) is 6.92 Å². The second-order valence-electron chi connectivity index (χ2n) is 6.00. The number of aromatic hydroxyl groups is 2. The van der Waals surface area contributed by atoms with Gasteiger partial charge in [-0.05, 0) is 54.7 Å². The van der Waals surface area contributed by atoms with Crippen LogP contribution < -0.4 is 4.74 Å². The van der Waals surface area contributed by atoms with Crippen LogP contribution in [0.3, 0.4) is 0 Å². The van der Waals surface area contributed by atoms with Gasteiger partial charge < -0.3 is 14.9 Å². The average Bonchev–Trinajstić information content (AvgIpc) is 2.62. The van der Waals surface area contributed by atoms with Crippen LogP contribution in [0.4, 0.5) is 0 Å². The predicted octanol–water partition coefficient (Wildman–Crippen LogP) is 5.92. The molecule has 0 aliphatic carbocycles. The van der Waals surface area contributed by atoms with Crippen molar-refractivity contribution in [2.75, 3.05) is 0 Å². The van der Waals surface area contributed by atoms with Gasteiger partial charge in [0.2, 0.25) is 0 Å². The summed E-state index contributed by atoms with van der Waals surface area (Å²) in [6, 6.07) is 12.6. The van der Waals surface area contributed by atoms with E-state index in [0.717, 1.165) is 36.1 Å². The van der Waals surface area contributed by atoms with Crippen molar-refractivity contribution in [2.24, 2.45) is 0 Å². The maximum absolute atomic E-state index is 9.76. The van der Waals surface area contributed by atoms with Gasteiger partial charge in [0.1, 0.15) is 23.4 Å². The molecule has 2 N–H and O–H groups in total. The molecule has 1 heterocycles. The highest BCUT2D eigenvalue weighted by Gasteiger charge is 2.29. The SMILES string of the molecule is CC.CCCCC1CC(c2ccc(O)cc2)Oc2ccc(O)cc21. The molecule has 0 amide bonds. The Hall–Kier alpha value is -2.16. The molecule has 24 heavy (non-hydrogen) atoms. The minimum atomic E-state index is -0.000464. The summed E-state index contributed by atoms with van der Waals surface area (Å²) < 4.78 is 6.13. The third-order valence-corrected chi connectivity index (χ3v) is 4.37. The van der Waals surface area contributed by atoms with Gasteiger partial charge in [-0.2, -0.15) is 0 Å². The summed E-state index contributed by atoms with van der Waals surface area (Å²) in [5, 5.41) is 19.2. The molecule has 2 atom stereocenters. The number of benzene rings is 2. The van der Waals surface area contributed by atoms with Gasteiger partial charge in [0.15, 0.2) is 0 Å². The Morgan fingerprint density at radius 1 is 1.00 bits per heavy atom. The van der Waals surface area contributed by atoms with Crippen molar-refractivity contribution in [3.8, 4) is 17.2 Å². The van der Waals surface area contributed by atoms with E-state index in [1.165, 1.54) is 6.42 Å². The Balaban J connectivity index is 0.00000100. The summed E-state index contributed by atoms with van der Waals surface area (Å²) in [7, 11) is 0. The fraction of sp³-hybridized carbons (Fsp3) is 0.429. The fourth-order valence-electron chi connectivity index (χ4n) is 3.17. The molecule has 0 radical (unpaired) electrons. The Labute approximate surface area is 144 Å². The van der Waals surface area contributed by atoms with Crippen LogP contribution in [0.1, 0.15) is 69.6 Å². The Morgan fingerprint density at radius 2 is 1.67 bits per heavy atom. The first-order valence-corrected chi connectivity index (χ1v) is 8.96. The predicted molar refractivity (Wildman–Crippen MR) is 97.8 cm³/mol. The smallest absolute Gasteiger partial charge is 0.124 e. The number of phenols is 2. The first-order valence-electron chi connectivity index (χ1n) is 8.96. The third-order valence-electron chi connectivity index (χ3n) is 4.37. The highest BCUT2D eigenvalue weighted by Crippen LogP contribution is 2.45. The summed E-state index contributed by atoms with van der Waals surface area (Å²) >= 11 is 0. The largest absolute Gasteiger partial charge is 0.508 e. The molecule has 0 aromatic heterocycles. The highest BCUT2D eigenvalue weighted by atomic mass is 16.5. The lowest BCUT2D eigenvalue weighted by atomic mass is 9.84. The lowest BCUT2D eigenvalue weighted by Crippen LogP contribution is -2.19. The third kappa shape index (κ3) is 4.22. The molecular formula is C21H28O3. The second kappa shape index (κ2) is 8.62. The normalized spacial score (nSPS) is 18.8. The van der Waals surface area contributed by atoms with E-state index in [1.807, 2.05) is 38.1 Å². The number of rotatable bonds is 4. The lowest BCUT2D eigenvalue weighted by molar-refractivity contribution is 0.157. The van der Waals surface area contributed by atoms with Gasteiger partial charge in [-0.3, -0.25) is 0 Å². The molecule has 0 bridgehead atoms. The molecule has 0 saturated carbocycles. The van der Waals surface area contributed by atoms with Crippen molar-refractivity contribution < 1.29 is 14.9 Å². The van der Waals surface area contributed by atoms with Gasteiger partial charge in [-0.1, -0.05) is 45.7 Å². The van der Waals surface area contributed by atoms with Crippen molar-refractivity contribution >= 4 is 0 Å². The number of hydrogen-bond donors (Lipinski definition) is 2. The molecule has 0 spiro atoms. The van der Waals surface area contributed by atoms with E-state index in [9.17, 15) is 10.2 Å². The molecule has 130 valence electrons. The molecule has 3 heteroatoms. The van der Waals surface area contributed by atoms with E-state index < -0.39 is 0 Å². The summed E-state index contributed by atoms with van der Waals surface area (Å²) in [6.45, 7) is 6.19. The van der Waals surface area contributed by atoms with Crippen molar-refractivity contribution in [1.82, 2.24) is 0 Å². The number of unbranched alkanes of at least 4 members (excludes halogenated alkanes) is 1. The van der Waals surface area contributed by atoms with Gasteiger partial charge in [-0.15, -0.1) is 0 Å². The van der Waals surface area contributed by atoms with Crippen molar-refractivity contribution in [3.63, 3.8) is 0 Å². The maximum atomic E-state index is 9.76. The minimum absolute atomic E-state index is 0.000464. The molecule has 3 nitrogen and oxygen atoms in total. The highest BCUT2D eigenvalue weighted by molar-refractivity contribution is 5.44. The maximum Gasteiger partial charge on any atom is 0.124 e. The van der Waals surface area contributed by atoms with Gasteiger partial charge in [0.25, 0.3) is 0 Å². The monoisotopic (exact) mass is 328 g/mol. The van der Waals surface area contributed by atoms with Crippen LogP contribution in [0.2, 0.25) is 0 Å². The zero-order valence-corrected chi connectivity index (χ0v) is 14.8. The van der Waals surface area contributed by atoms with E-state index in [1.54, 1.807) is 18.2 Å². The van der Waals surface area contributed by atoms with Crippen LogP contribution in [0.25, 0.3) is 0 Å². The standard InChI is InChI=1S/C19H22O3.C2H6/c1-2-3-4-14-11-19(13-5-7-15(20)8-6-13)22-18-10-9-16(21)12-17(14)18;1-2/h5-10,12,14,19-21H,2-4,11H2,1H3;1-2H3. The molecule has 2 unspecified atom stereocenters. The summed E-state index contributed by atoms with van der Waals surface area (Å²) in [5.41, 5.74) is 2.20. The zero-order valence-electron chi connectivity index (χ0n) is 14.8. The molecule has 1 aliphatic rings. The van der Waals surface area contributed by atoms with Crippen LogP contribution in [0.15, 0.2) is 42.5 Å². The zero-order chi connectivity index (χ0) is 17.5. The van der Waals surface area contributed by atoms with E-state index in [0.29, 0.717) is 11.7 Å². The second-order valence-corrected chi connectivity index (χ2v) is 6.00. The number of ether oxygens (including phenoxy) is 1. The summed E-state index contributed by atoms with van der Waals surface area (Å²) in [4.78, 5) is 0. The molecule has 0 saturated heterocycles. The van der Waals surface area contributed by atoms with Gasteiger partial charge in [-0.25, -0.2) is 0 Å². The van der Waals surface area contributed by atoms with Crippen molar-refractivity contribution in [2.45, 2.75) is 58.5 Å². The number of fused-ring (bicyclic) bond motifs is 1. The Bertz CT molecular complexity index is 634. The number of hydrogen-bond acceptors (Lipinski definition) is 3. The topological polar surface area (TPSA) is 49.7 Å². The van der Waals surface area contributed by atoms with Crippen LogP contribution in [-0.2, 0) is 0 Å². The summed E-state index contributed by atoms with van der Waals surface area (Å²) in [6.07, 6.45) is 4.34. The number of phenolic OH excluding ortho intramolecular Hbond substituents is 2. The molecule has 2 aromatic carbocycles. The quantitative estimate of drug-likeness (QED) is 0.732. The van der Waals surface area contributed by atoms with Gasteiger partial charge in [0.05, 0.1) is 0 Å². The van der Waals surface area contributed by atoms with E-state index >= 15 is 0 Å². The Morgan fingerprint density at radius 3 is 2.33 bits per heavy atom. The van der Waals surface area contributed by atoms with Crippen molar-refractivity contribution in [1.29, 1.82) is 0 Å². The Kier molecular flexibility index (Phi) is 6.53. The molecule has 0 fully saturated rings. The summed E-state index contributed by atoms with van der Waals surface area (Å²) in [5.74, 6) is 1.83. The van der Waals surface area contributed by atoms with Crippen molar-refractivity contribution in [3.05, 3.63) is 53.6 Å². The van der Waals surface area contributed by atoms with E-state index in [4.69, 9.17) is 4.74 Å². The van der Waals surface area contributed by atoms with Crippen LogP contribution in [-0.4, -0.2) is 10.2 Å².